The zero-order valence-corrected chi connectivity index (χ0v) is 27.4. The summed E-state index contributed by atoms with van der Waals surface area (Å²) in [6.07, 6.45) is 4.15. The minimum atomic E-state index is -0.459. The summed E-state index contributed by atoms with van der Waals surface area (Å²) in [5, 5.41) is 4.29. The Balaban J connectivity index is 1.27. The Labute approximate surface area is 279 Å². The maximum absolute atomic E-state index is 15.1. The first-order chi connectivity index (χ1) is 23.3. The van der Waals surface area contributed by atoms with E-state index in [2.05, 4.69) is 28.2 Å². The van der Waals surface area contributed by atoms with E-state index in [4.69, 9.17) is 4.74 Å². The summed E-state index contributed by atoms with van der Waals surface area (Å²) < 4.78 is 24.1. The van der Waals surface area contributed by atoms with E-state index in [1.807, 2.05) is 47.7 Å². The summed E-state index contributed by atoms with van der Waals surface area (Å²) in [5.74, 6) is -0.891. The smallest absolute Gasteiger partial charge is 0.264 e. The number of benzene rings is 3. The topological polar surface area (TPSA) is 75.8 Å². The van der Waals surface area contributed by atoms with E-state index in [0.717, 1.165) is 31.6 Å². The summed E-state index contributed by atoms with van der Waals surface area (Å²) in [4.78, 5) is 34.9. The van der Waals surface area contributed by atoms with E-state index in [9.17, 15) is 9.59 Å². The predicted molar refractivity (Wildman–Crippen MR) is 182 cm³/mol. The number of aryl methyl sites for hydroxylation is 1. The minimum absolute atomic E-state index is 0.0631. The van der Waals surface area contributed by atoms with Crippen molar-refractivity contribution >= 4 is 23.2 Å². The van der Waals surface area contributed by atoms with E-state index in [1.54, 1.807) is 53.3 Å². The summed E-state index contributed by atoms with van der Waals surface area (Å²) in [7, 11) is 3.64. The highest BCUT2D eigenvalue weighted by atomic mass is 19.1. The molecule has 245 valence electrons. The maximum atomic E-state index is 15.1. The molecule has 7 rings (SSSR count). The van der Waals surface area contributed by atoms with Crippen molar-refractivity contribution < 1.29 is 18.7 Å². The molecule has 10 heteroatoms. The molecule has 3 aromatic carbocycles. The number of carbonyl (C=O) groups excluding carboxylic acids is 2. The van der Waals surface area contributed by atoms with Crippen molar-refractivity contribution in [2.75, 3.05) is 37.7 Å². The fourth-order valence-electron chi connectivity index (χ4n) is 6.87. The zero-order valence-electron chi connectivity index (χ0n) is 27.4. The second-order valence-electron chi connectivity index (χ2n) is 12.5. The Bertz CT molecular complexity index is 1960. The molecule has 0 bridgehead atoms. The molecule has 0 N–H and O–H groups in total. The normalized spacial score (nSPS) is 16.5. The molecule has 0 unspecified atom stereocenters. The molecule has 2 aliphatic heterocycles. The Morgan fingerprint density at radius 3 is 2.46 bits per heavy atom. The second kappa shape index (κ2) is 13.2. The first kappa shape index (κ1) is 31.5. The molecule has 9 nitrogen and oxygen atoms in total. The molecule has 1 atom stereocenters. The van der Waals surface area contributed by atoms with Crippen molar-refractivity contribution in [2.24, 2.45) is 14.1 Å². The fourth-order valence-corrected chi connectivity index (χ4v) is 6.87. The number of carbonyl (C=O) groups is 2. The number of amides is 2. The first-order valence-electron chi connectivity index (χ1n) is 16.2. The number of halogens is 1. The monoisotopic (exact) mass is 645 g/mol. The SMILES string of the molecule is Cc1c(C(=O)N(c2cc[c]cc2)c2cnn(C)c2)cc(-c2cc(F)ccc2C(=O)N2Cc3ccccc3C[C@H]2CN2CCOCC2)n1C. The molecular formula is C38H38FN6O3. The van der Waals surface area contributed by atoms with Gasteiger partial charge in [0, 0.05) is 80.7 Å². The van der Waals surface area contributed by atoms with Gasteiger partial charge in [0.15, 0.2) is 0 Å². The molecule has 2 aliphatic rings. The van der Waals surface area contributed by atoms with Crippen molar-refractivity contribution in [3.8, 4) is 11.3 Å². The molecule has 0 aliphatic carbocycles. The maximum Gasteiger partial charge on any atom is 0.264 e. The number of rotatable bonds is 7. The zero-order chi connectivity index (χ0) is 33.4. The summed E-state index contributed by atoms with van der Waals surface area (Å²) in [6, 6.07) is 24.4. The average Bonchev–Trinajstić information content (AvgIpc) is 3.66. The Morgan fingerprint density at radius 2 is 1.73 bits per heavy atom. The van der Waals surface area contributed by atoms with Gasteiger partial charge in [-0.3, -0.25) is 24.1 Å². The Hall–Kier alpha value is -5.06. The first-order valence-corrected chi connectivity index (χ1v) is 16.2. The summed E-state index contributed by atoms with van der Waals surface area (Å²) in [5.41, 5.74) is 6.16. The molecule has 1 saturated heterocycles. The van der Waals surface area contributed by atoms with Crippen molar-refractivity contribution in [2.45, 2.75) is 25.9 Å². The van der Waals surface area contributed by atoms with Crippen LogP contribution in [0.4, 0.5) is 15.8 Å². The number of ether oxygens (including phenoxy) is 1. The van der Waals surface area contributed by atoms with Gasteiger partial charge in [0.25, 0.3) is 11.8 Å². The highest BCUT2D eigenvalue weighted by molar-refractivity contribution is 6.12. The third-order valence-electron chi connectivity index (χ3n) is 9.55. The summed E-state index contributed by atoms with van der Waals surface area (Å²) >= 11 is 0. The predicted octanol–water partition coefficient (Wildman–Crippen LogP) is 5.55. The molecule has 2 amide bonds. The summed E-state index contributed by atoms with van der Waals surface area (Å²) in [6.45, 7) is 6.03. The fraction of sp³-hybridized carbons (Fsp3) is 0.289. The average molecular weight is 646 g/mol. The second-order valence-corrected chi connectivity index (χ2v) is 12.5. The van der Waals surface area contributed by atoms with Gasteiger partial charge in [-0.05, 0) is 66.9 Å². The van der Waals surface area contributed by atoms with Crippen LogP contribution in [0.2, 0.25) is 0 Å². The number of nitrogens with zero attached hydrogens (tertiary/aromatic N) is 6. The van der Waals surface area contributed by atoms with Crippen molar-refractivity contribution in [1.82, 2.24) is 24.1 Å². The van der Waals surface area contributed by atoms with Gasteiger partial charge in [-0.2, -0.15) is 5.10 Å². The molecule has 2 aromatic heterocycles. The number of aromatic nitrogens is 3. The number of hydrogen-bond donors (Lipinski definition) is 0. The van der Waals surface area contributed by atoms with E-state index in [0.29, 0.717) is 59.2 Å². The Morgan fingerprint density at radius 1 is 0.979 bits per heavy atom. The van der Waals surface area contributed by atoms with Crippen LogP contribution >= 0.6 is 0 Å². The molecule has 0 saturated carbocycles. The molecule has 0 spiro atoms. The van der Waals surface area contributed by atoms with Crippen LogP contribution in [0.3, 0.4) is 0 Å². The number of fused-ring (bicyclic) bond motifs is 1. The molecule has 5 aromatic rings. The lowest BCUT2D eigenvalue weighted by Crippen LogP contribution is -2.52. The number of hydrogen-bond acceptors (Lipinski definition) is 5. The van der Waals surface area contributed by atoms with E-state index in [1.165, 1.54) is 17.7 Å². The molecule has 1 radical (unpaired) electrons. The van der Waals surface area contributed by atoms with E-state index in [-0.39, 0.29) is 17.9 Å². The number of morpholine rings is 1. The third-order valence-corrected chi connectivity index (χ3v) is 9.55. The van der Waals surface area contributed by atoms with Crippen LogP contribution in [-0.4, -0.2) is 74.9 Å². The van der Waals surface area contributed by atoms with Crippen molar-refractivity contribution in [1.29, 1.82) is 0 Å². The largest absolute Gasteiger partial charge is 0.379 e. The molecular weight excluding hydrogens is 607 g/mol. The quantitative estimate of drug-likeness (QED) is 0.232. The lowest BCUT2D eigenvalue weighted by molar-refractivity contribution is 0.0193. The van der Waals surface area contributed by atoms with Gasteiger partial charge in [-0.1, -0.05) is 36.4 Å². The van der Waals surface area contributed by atoms with Gasteiger partial charge >= 0.3 is 0 Å². The molecule has 1 fully saturated rings. The van der Waals surface area contributed by atoms with Crippen molar-refractivity contribution in [3.05, 3.63) is 125 Å². The van der Waals surface area contributed by atoms with Crippen LogP contribution in [0.5, 0.6) is 0 Å². The van der Waals surface area contributed by atoms with Crippen LogP contribution in [0.15, 0.2) is 85.2 Å². The van der Waals surface area contributed by atoms with Gasteiger partial charge in [0.05, 0.1) is 30.7 Å². The van der Waals surface area contributed by atoms with Gasteiger partial charge in [0.1, 0.15) is 5.82 Å². The van der Waals surface area contributed by atoms with Crippen molar-refractivity contribution in [3.63, 3.8) is 0 Å². The highest BCUT2D eigenvalue weighted by Crippen LogP contribution is 2.35. The van der Waals surface area contributed by atoms with E-state index >= 15 is 4.39 Å². The van der Waals surface area contributed by atoms with Gasteiger partial charge < -0.3 is 14.2 Å². The van der Waals surface area contributed by atoms with Crippen LogP contribution in [-0.2, 0) is 31.8 Å². The molecule has 4 heterocycles. The standard InChI is InChI=1S/C38H38FN6O3/c1-26-34(38(47)45(30-11-5-4-6-12-30)32-22-40-41(2)24-32)21-36(42(26)3)35-20-29(39)13-14-33(35)37(46)44-23-28-10-8-7-9-27(28)19-31(44)25-43-15-17-48-18-16-43/h5-14,20-22,24,31H,15-19,23,25H2,1-3H3/t31-/m0/s1. The van der Waals surface area contributed by atoms with E-state index < -0.39 is 5.82 Å². The van der Waals surface area contributed by atoms with Crippen LogP contribution in [0, 0.1) is 18.8 Å². The van der Waals surface area contributed by atoms with Gasteiger partial charge in [0.2, 0.25) is 0 Å². The molecule has 48 heavy (non-hydrogen) atoms. The number of anilines is 2. The van der Waals surface area contributed by atoms with Gasteiger partial charge in [-0.25, -0.2) is 4.39 Å². The van der Waals surface area contributed by atoms with Crippen LogP contribution < -0.4 is 4.90 Å². The third kappa shape index (κ3) is 6.05. The lowest BCUT2D eigenvalue weighted by atomic mass is 9.92. The van der Waals surface area contributed by atoms with Gasteiger partial charge in [-0.15, -0.1) is 0 Å². The Kier molecular flexibility index (Phi) is 8.68. The lowest BCUT2D eigenvalue weighted by Gasteiger charge is -2.40. The van der Waals surface area contributed by atoms with Crippen LogP contribution in [0.1, 0.15) is 37.5 Å². The highest BCUT2D eigenvalue weighted by Gasteiger charge is 2.34. The minimum Gasteiger partial charge on any atom is -0.379 e. The van der Waals surface area contributed by atoms with Crippen LogP contribution in [0.25, 0.3) is 11.3 Å².